The zero-order valence-corrected chi connectivity index (χ0v) is 16.4. The van der Waals surface area contributed by atoms with Gasteiger partial charge in [-0.05, 0) is 13.3 Å². The fourth-order valence-electron chi connectivity index (χ4n) is 1.57. The molecule has 1 rings (SSSR count). The van der Waals surface area contributed by atoms with Crippen molar-refractivity contribution in [2.45, 2.75) is 32.5 Å². The van der Waals surface area contributed by atoms with Gasteiger partial charge in [0.1, 0.15) is 5.01 Å². The molecule has 0 atom stereocenters. The predicted molar refractivity (Wildman–Crippen MR) is 96.6 cm³/mol. The molecule has 1 heterocycles. The summed E-state index contributed by atoms with van der Waals surface area (Å²) >= 11 is 0.929. The van der Waals surface area contributed by atoms with Gasteiger partial charge < -0.3 is 15.4 Å². The maximum atomic E-state index is 12.4. The van der Waals surface area contributed by atoms with Crippen LogP contribution in [0.15, 0.2) is 10.4 Å². The summed E-state index contributed by atoms with van der Waals surface area (Å²) in [5.41, 5.74) is -0.892. The number of guanidine groups is 1. The highest BCUT2D eigenvalue weighted by molar-refractivity contribution is 14.0. The minimum absolute atomic E-state index is 0. The summed E-state index contributed by atoms with van der Waals surface area (Å²) in [6.45, 7) is 2.72. The second-order valence-corrected chi connectivity index (χ2v) is 5.33. The third-order valence-corrected chi connectivity index (χ3v) is 3.48. The van der Waals surface area contributed by atoms with Crippen molar-refractivity contribution in [3.8, 4) is 0 Å². The topological polar surface area (TPSA) is 75.6 Å². The van der Waals surface area contributed by atoms with Crippen LogP contribution in [0.5, 0.6) is 0 Å². The predicted octanol–water partition coefficient (Wildman–Crippen LogP) is 2.79. The van der Waals surface area contributed by atoms with Crippen molar-refractivity contribution in [3.63, 3.8) is 0 Å². The van der Waals surface area contributed by atoms with Crippen LogP contribution in [0.25, 0.3) is 0 Å². The van der Waals surface area contributed by atoms with E-state index in [1.807, 2.05) is 0 Å². The van der Waals surface area contributed by atoms with Crippen molar-refractivity contribution < 1.29 is 22.7 Å². The first-order chi connectivity index (χ1) is 10.9. The number of aromatic nitrogens is 1. The van der Waals surface area contributed by atoms with Crippen LogP contribution in [0.2, 0.25) is 0 Å². The van der Waals surface area contributed by atoms with E-state index in [1.54, 1.807) is 14.0 Å². The number of carbonyl (C=O) groups is 1. The SMILES string of the molecule is CCOC(=O)CCCNC(=NC)NCc1nc(C(F)(F)F)cs1.I. The van der Waals surface area contributed by atoms with E-state index in [-0.39, 0.29) is 36.5 Å². The normalized spacial score (nSPS) is 11.6. The molecule has 0 saturated heterocycles. The number of ether oxygens (including phenoxy) is 1. The number of carbonyl (C=O) groups excluding carboxylic acids is 1. The first-order valence-electron chi connectivity index (χ1n) is 6.98. The fourth-order valence-corrected chi connectivity index (χ4v) is 2.32. The van der Waals surface area contributed by atoms with Crippen molar-refractivity contribution in [2.75, 3.05) is 20.2 Å². The van der Waals surface area contributed by atoms with Crippen molar-refractivity contribution in [3.05, 3.63) is 16.1 Å². The monoisotopic (exact) mass is 480 g/mol. The first kappa shape index (κ1) is 22.9. The van der Waals surface area contributed by atoms with E-state index in [0.29, 0.717) is 37.0 Å². The highest BCUT2D eigenvalue weighted by atomic mass is 127. The summed E-state index contributed by atoms with van der Waals surface area (Å²) in [5.74, 6) is 0.164. The van der Waals surface area contributed by atoms with Gasteiger partial charge in [0.05, 0.1) is 13.2 Å². The Balaban J connectivity index is 0.00000529. The zero-order valence-electron chi connectivity index (χ0n) is 13.3. The number of alkyl halides is 3. The molecule has 2 N–H and O–H groups in total. The number of thiazole rings is 1. The van der Waals surface area contributed by atoms with Gasteiger partial charge in [-0.2, -0.15) is 13.2 Å². The third-order valence-electron chi connectivity index (χ3n) is 2.63. The lowest BCUT2D eigenvalue weighted by molar-refractivity contribution is -0.143. The molecule has 0 amide bonds. The van der Waals surface area contributed by atoms with E-state index in [1.165, 1.54) is 0 Å². The summed E-state index contributed by atoms with van der Waals surface area (Å²) in [4.78, 5) is 18.6. The smallest absolute Gasteiger partial charge is 0.434 e. The molecule has 24 heavy (non-hydrogen) atoms. The lowest BCUT2D eigenvalue weighted by Crippen LogP contribution is -2.37. The van der Waals surface area contributed by atoms with E-state index in [9.17, 15) is 18.0 Å². The van der Waals surface area contributed by atoms with Gasteiger partial charge in [-0.15, -0.1) is 35.3 Å². The maximum Gasteiger partial charge on any atom is 0.434 e. The average molecular weight is 480 g/mol. The van der Waals surface area contributed by atoms with Gasteiger partial charge in [0.15, 0.2) is 11.7 Å². The molecule has 0 saturated carbocycles. The molecular formula is C13H20F3IN4O2S. The molecule has 1 aromatic rings. The lowest BCUT2D eigenvalue weighted by atomic mass is 10.3. The number of esters is 1. The van der Waals surface area contributed by atoms with Crippen molar-refractivity contribution in [2.24, 2.45) is 4.99 Å². The second kappa shape index (κ2) is 11.4. The molecule has 6 nitrogen and oxygen atoms in total. The number of rotatable bonds is 7. The standard InChI is InChI=1S/C13H19F3N4O2S.HI/c1-3-22-11(21)5-4-6-18-12(17-2)19-7-10-20-9(8-23-10)13(14,15)16;/h8H,3-7H2,1-2H3,(H2,17,18,19);1H. The zero-order chi connectivity index (χ0) is 17.3. The van der Waals surface area contributed by atoms with Gasteiger partial charge in [0.2, 0.25) is 0 Å². The van der Waals surface area contributed by atoms with E-state index < -0.39 is 11.9 Å². The lowest BCUT2D eigenvalue weighted by Gasteiger charge is -2.10. The fraction of sp³-hybridized carbons (Fsp3) is 0.615. The largest absolute Gasteiger partial charge is 0.466 e. The van der Waals surface area contributed by atoms with Crippen LogP contribution in [0, 0.1) is 0 Å². The molecule has 0 bridgehead atoms. The number of hydrogen-bond donors (Lipinski definition) is 2. The van der Waals surface area contributed by atoms with E-state index in [0.717, 1.165) is 16.7 Å². The Kier molecular flexibility index (Phi) is 10.9. The van der Waals surface area contributed by atoms with Crippen LogP contribution in [-0.4, -0.2) is 37.1 Å². The summed E-state index contributed by atoms with van der Waals surface area (Å²) in [6.07, 6.45) is -3.57. The van der Waals surface area contributed by atoms with Gasteiger partial charge in [0.25, 0.3) is 0 Å². The summed E-state index contributed by atoms with van der Waals surface area (Å²) in [5, 5.41) is 7.12. The minimum Gasteiger partial charge on any atom is -0.466 e. The molecule has 0 unspecified atom stereocenters. The first-order valence-corrected chi connectivity index (χ1v) is 7.86. The van der Waals surface area contributed by atoms with Gasteiger partial charge in [0, 0.05) is 25.4 Å². The number of nitrogens with one attached hydrogen (secondary N) is 2. The van der Waals surface area contributed by atoms with Crippen LogP contribution in [-0.2, 0) is 22.3 Å². The summed E-state index contributed by atoms with van der Waals surface area (Å²) in [6, 6.07) is 0. The Bertz CT molecular complexity index is 538. The van der Waals surface area contributed by atoms with Crippen molar-refractivity contribution >= 4 is 47.2 Å². The van der Waals surface area contributed by atoms with Crippen LogP contribution in [0.4, 0.5) is 13.2 Å². The molecular weight excluding hydrogens is 460 g/mol. The van der Waals surface area contributed by atoms with Crippen LogP contribution < -0.4 is 10.6 Å². The van der Waals surface area contributed by atoms with E-state index in [4.69, 9.17) is 4.74 Å². The highest BCUT2D eigenvalue weighted by Gasteiger charge is 2.33. The van der Waals surface area contributed by atoms with Gasteiger partial charge in [-0.3, -0.25) is 9.79 Å². The molecule has 0 fully saturated rings. The quantitative estimate of drug-likeness (QED) is 0.207. The maximum absolute atomic E-state index is 12.4. The second-order valence-electron chi connectivity index (χ2n) is 4.39. The van der Waals surface area contributed by atoms with Crippen molar-refractivity contribution in [1.29, 1.82) is 0 Å². The number of hydrogen-bond acceptors (Lipinski definition) is 5. The van der Waals surface area contributed by atoms with E-state index in [2.05, 4.69) is 20.6 Å². The summed E-state index contributed by atoms with van der Waals surface area (Å²) in [7, 11) is 1.55. The van der Waals surface area contributed by atoms with Gasteiger partial charge in [-0.25, -0.2) is 4.98 Å². The molecule has 0 aliphatic rings. The summed E-state index contributed by atoms with van der Waals surface area (Å²) < 4.78 is 42.1. The van der Waals surface area contributed by atoms with Gasteiger partial charge >= 0.3 is 12.1 Å². The Morgan fingerprint density at radius 1 is 1.42 bits per heavy atom. The van der Waals surface area contributed by atoms with Gasteiger partial charge in [-0.1, -0.05) is 0 Å². The molecule has 0 aliphatic carbocycles. The number of nitrogens with zero attached hydrogens (tertiary/aromatic N) is 2. The third kappa shape index (κ3) is 8.66. The molecule has 11 heteroatoms. The van der Waals surface area contributed by atoms with E-state index >= 15 is 0 Å². The van der Waals surface area contributed by atoms with Crippen LogP contribution >= 0.6 is 35.3 Å². The van der Waals surface area contributed by atoms with Crippen molar-refractivity contribution in [1.82, 2.24) is 15.6 Å². The molecule has 138 valence electrons. The van der Waals surface area contributed by atoms with Crippen LogP contribution in [0.1, 0.15) is 30.5 Å². The molecule has 0 aliphatic heterocycles. The van der Waals surface area contributed by atoms with Crippen LogP contribution in [0.3, 0.4) is 0 Å². The average Bonchev–Trinajstić information content (AvgIpc) is 2.96. The molecule has 0 radical (unpaired) electrons. The Hall–Kier alpha value is -1.11. The minimum atomic E-state index is -4.43. The highest BCUT2D eigenvalue weighted by Crippen LogP contribution is 2.29. The number of halogens is 4. The Morgan fingerprint density at radius 2 is 2.12 bits per heavy atom. The Labute approximate surface area is 159 Å². The molecule has 0 aromatic carbocycles. The molecule has 0 spiro atoms. The number of aliphatic imine (C=N–C) groups is 1. The Morgan fingerprint density at radius 3 is 2.67 bits per heavy atom. The molecule has 1 aromatic heterocycles.